The van der Waals surface area contributed by atoms with Crippen LogP contribution >= 0.6 is 0 Å². The van der Waals surface area contributed by atoms with Crippen molar-refractivity contribution in [3.8, 4) is 0 Å². The van der Waals surface area contributed by atoms with Crippen LogP contribution in [0.25, 0.3) is 0 Å². The highest BCUT2D eigenvalue weighted by Gasteiger charge is 2.17. The number of alkyl halides is 1. The van der Waals surface area contributed by atoms with E-state index in [0.29, 0.717) is 5.56 Å². The summed E-state index contributed by atoms with van der Waals surface area (Å²) in [5.41, 5.74) is 5.57. The van der Waals surface area contributed by atoms with Gasteiger partial charge >= 0.3 is 0 Å². The molecular formula is C9H11FN2O3. The number of rotatable bonds is 4. The lowest BCUT2D eigenvalue weighted by Crippen LogP contribution is -2.30. The molecule has 2 unspecified atom stereocenters. The van der Waals surface area contributed by atoms with E-state index in [4.69, 9.17) is 5.73 Å². The number of hydrogen-bond donors (Lipinski definition) is 2. The summed E-state index contributed by atoms with van der Waals surface area (Å²) in [5, 5.41) is 19.8. The van der Waals surface area contributed by atoms with Crippen molar-refractivity contribution in [1.29, 1.82) is 0 Å². The molecule has 0 fully saturated rings. The van der Waals surface area contributed by atoms with E-state index in [9.17, 15) is 19.6 Å². The van der Waals surface area contributed by atoms with Crippen LogP contribution in [0.4, 0.5) is 10.1 Å². The van der Waals surface area contributed by atoms with Gasteiger partial charge in [-0.1, -0.05) is 0 Å². The molecule has 5 nitrogen and oxygen atoms in total. The van der Waals surface area contributed by atoms with Crippen LogP contribution in [-0.4, -0.2) is 22.7 Å². The normalized spacial score (nSPS) is 14.6. The number of non-ortho nitro benzene ring substituents is 1. The Balaban J connectivity index is 2.84. The quantitative estimate of drug-likeness (QED) is 0.576. The zero-order chi connectivity index (χ0) is 11.4. The summed E-state index contributed by atoms with van der Waals surface area (Å²) in [6, 6.07) is 4.19. The molecule has 2 atom stereocenters. The van der Waals surface area contributed by atoms with Gasteiger partial charge in [-0.2, -0.15) is 0 Å². The van der Waals surface area contributed by atoms with E-state index in [1.54, 1.807) is 0 Å². The summed E-state index contributed by atoms with van der Waals surface area (Å²) in [5.74, 6) is 0. The Hall–Kier alpha value is -1.53. The molecular weight excluding hydrogens is 203 g/mol. The second-order valence-corrected chi connectivity index (χ2v) is 3.11. The highest BCUT2D eigenvalue weighted by molar-refractivity contribution is 5.34. The maximum atomic E-state index is 12.1. The van der Waals surface area contributed by atoms with Crippen molar-refractivity contribution in [1.82, 2.24) is 0 Å². The smallest absolute Gasteiger partial charge is 0.269 e. The SMILES string of the molecule is NC(CF)C(O)c1ccc([N+](=O)[O-])cc1. The molecule has 0 saturated carbocycles. The third-order valence-corrected chi connectivity index (χ3v) is 2.03. The Morgan fingerprint density at radius 1 is 1.47 bits per heavy atom. The molecule has 0 aliphatic heterocycles. The van der Waals surface area contributed by atoms with Crippen LogP contribution in [0, 0.1) is 10.1 Å². The van der Waals surface area contributed by atoms with E-state index in [0.717, 1.165) is 0 Å². The van der Waals surface area contributed by atoms with Gasteiger partial charge in [0.1, 0.15) is 6.67 Å². The van der Waals surface area contributed by atoms with Gasteiger partial charge in [0.05, 0.1) is 17.1 Å². The van der Waals surface area contributed by atoms with Gasteiger partial charge in [-0.25, -0.2) is 4.39 Å². The van der Waals surface area contributed by atoms with Gasteiger partial charge in [-0.15, -0.1) is 0 Å². The van der Waals surface area contributed by atoms with Crippen molar-refractivity contribution in [2.24, 2.45) is 5.73 Å². The molecule has 0 amide bonds. The van der Waals surface area contributed by atoms with Crippen LogP contribution in [-0.2, 0) is 0 Å². The summed E-state index contributed by atoms with van der Waals surface area (Å²) in [6.45, 7) is -0.849. The fraction of sp³-hybridized carbons (Fsp3) is 0.333. The highest BCUT2D eigenvalue weighted by Crippen LogP contribution is 2.19. The minimum atomic E-state index is -1.14. The Labute approximate surface area is 85.5 Å². The summed E-state index contributed by atoms with van der Waals surface area (Å²) in [7, 11) is 0. The molecule has 15 heavy (non-hydrogen) atoms. The maximum Gasteiger partial charge on any atom is 0.269 e. The predicted molar refractivity (Wildman–Crippen MR) is 52.0 cm³/mol. The number of benzene rings is 1. The van der Waals surface area contributed by atoms with Crippen molar-refractivity contribution in [3.63, 3.8) is 0 Å². The molecule has 0 spiro atoms. The van der Waals surface area contributed by atoms with Gasteiger partial charge in [0, 0.05) is 12.1 Å². The molecule has 1 aromatic rings. The number of aliphatic hydroxyl groups excluding tert-OH is 1. The average Bonchev–Trinajstić information content (AvgIpc) is 2.27. The lowest BCUT2D eigenvalue weighted by atomic mass is 10.0. The molecule has 1 rings (SSSR count). The first kappa shape index (κ1) is 11.5. The van der Waals surface area contributed by atoms with Crippen molar-refractivity contribution < 1.29 is 14.4 Å². The summed E-state index contributed by atoms with van der Waals surface area (Å²) < 4.78 is 12.1. The van der Waals surface area contributed by atoms with E-state index in [1.165, 1.54) is 24.3 Å². The first-order valence-electron chi connectivity index (χ1n) is 4.30. The van der Waals surface area contributed by atoms with Gasteiger partial charge < -0.3 is 10.8 Å². The van der Waals surface area contributed by atoms with Crippen LogP contribution in [0.2, 0.25) is 0 Å². The first-order chi connectivity index (χ1) is 7.06. The van der Waals surface area contributed by atoms with Crippen molar-refractivity contribution in [3.05, 3.63) is 39.9 Å². The molecule has 3 N–H and O–H groups in total. The van der Waals surface area contributed by atoms with E-state index in [2.05, 4.69) is 0 Å². The fourth-order valence-electron chi connectivity index (χ4n) is 1.12. The number of aliphatic hydroxyl groups is 1. The first-order valence-corrected chi connectivity index (χ1v) is 4.30. The Morgan fingerprint density at radius 2 is 2.00 bits per heavy atom. The van der Waals surface area contributed by atoms with Crippen LogP contribution in [0.5, 0.6) is 0 Å². The number of nitrogens with zero attached hydrogens (tertiary/aromatic N) is 1. The predicted octanol–water partition coefficient (Wildman–Crippen LogP) is 0.925. The third-order valence-electron chi connectivity index (χ3n) is 2.03. The fourth-order valence-corrected chi connectivity index (χ4v) is 1.12. The minimum Gasteiger partial charge on any atom is -0.387 e. The third kappa shape index (κ3) is 2.71. The molecule has 0 bridgehead atoms. The largest absolute Gasteiger partial charge is 0.387 e. The second-order valence-electron chi connectivity index (χ2n) is 3.11. The van der Waals surface area contributed by atoms with Gasteiger partial charge in [-0.05, 0) is 17.7 Å². The molecule has 6 heteroatoms. The summed E-state index contributed by atoms with van der Waals surface area (Å²) in [6.07, 6.45) is -1.14. The number of nitrogens with two attached hydrogens (primary N) is 1. The Kier molecular flexibility index (Phi) is 3.70. The van der Waals surface area contributed by atoms with Gasteiger partial charge in [0.2, 0.25) is 0 Å². The molecule has 0 aliphatic carbocycles. The van der Waals surface area contributed by atoms with Crippen LogP contribution in [0.1, 0.15) is 11.7 Å². The van der Waals surface area contributed by atoms with Crippen molar-refractivity contribution in [2.45, 2.75) is 12.1 Å². The molecule has 0 radical (unpaired) electrons. The van der Waals surface area contributed by atoms with E-state index >= 15 is 0 Å². The topological polar surface area (TPSA) is 89.4 Å². The zero-order valence-electron chi connectivity index (χ0n) is 7.84. The van der Waals surface area contributed by atoms with Gasteiger partial charge in [0.25, 0.3) is 5.69 Å². The maximum absolute atomic E-state index is 12.1. The lowest BCUT2D eigenvalue weighted by Gasteiger charge is -2.15. The molecule has 0 aromatic heterocycles. The van der Waals surface area contributed by atoms with Crippen molar-refractivity contribution in [2.75, 3.05) is 6.67 Å². The zero-order valence-corrected chi connectivity index (χ0v) is 7.84. The monoisotopic (exact) mass is 214 g/mol. The Bertz CT molecular complexity index is 342. The van der Waals surface area contributed by atoms with E-state index in [-0.39, 0.29) is 5.69 Å². The molecule has 1 aromatic carbocycles. The van der Waals surface area contributed by atoms with Gasteiger partial charge in [0.15, 0.2) is 0 Å². The van der Waals surface area contributed by atoms with Crippen LogP contribution in [0.15, 0.2) is 24.3 Å². The van der Waals surface area contributed by atoms with E-state index in [1.807, 2.05) is 0 Å². The van der Waals surface area contributed by atoms with Crippen LogP contribution < -0.4 is 5.73 Å². The standard InChI is InChI=1S/C9H11FN2O3/c10-5-8(11)9(13)6-1-3-7(4-2-6)12(14)15/h1-4,8-9,13H,5,11H2. The number of halogens is 1. The minimum absolute atomic E-state index is 0.0835. The number of hydrogen-bond acceptors (Lipinski definition) is 4. The summed E-state index contributed by atoms with van der Waals surface area (Å²) >= 11 is 0. The summed E-state index contributed by atoms with van der Waals surface area (Å²) in [4.78, 5) is 9.78. The molecule has 0 saturated heterocycles. The van der Waals surface area contributed by atoms with Crippen LogP contribution in [0.3, 0.4) is 0 Å². The number of nitro groups is 1. The second kappa shape index (κ2) is 4.81. The molecule has 0 heterocycles. The van der Waals surface area contributed by atoms with E-state index < -0.39 is 23.7 Å². The average molecular weight is 214 g/mol. The van der Waals surface area contributed by atoms with Crippen molar-refractivity contribution >= 4 is 5.69 Å². The molecule has 0 aliphatic rings. The Morgan fingerprint density at radius 3 is 2.40 bits per heavy atom. The highest BCUT2D eigenvalue weighted by atomic mass is 19.1. The lowest BCUT2D eigenvalue weighted by molar-refractivity contribution is -0.384. The van der Waals surface area contributed by atoms with Gasteiger partial charge in [-0.3, -0.25) is 10.1 Å². The molecule has 82 valence electrons. The number of nitro benzene ring substituents is 1.